The molecule has 2 heterocycles. The number of methoxy groups -OCH3 is 1. The molecule has 0 spiro atoms. The Morgan fingerprint density at radius 1 is 1.67 bits per heavy atom. The van der Waals surface area contributed by atoms with Gasteiger partial charge in [0.1, 0.15) is 0 Å². The van der Waals surface area contributed by atoms with Gasteiger partial charge in [0, 0.05) is 13.2 Å². The Morgan fingerprint density at radius 3 is 3.07 bits per heavy atom. The Balaban J connectivity index is 2.24. The summed E-state index contributed by atoms with van der Waals surface area (Å²) in [7, 11) is 1.54. The Labute approximate surface area is 95.0 Å². The van der Waals surface area contributed by atoms with E-state index in [2.05, 4.69) is 21.1 Å². The van der Waals surface area contributed by atoms with Gasteiger partial charge in [0.2, 0.25) is 12.0 Å². The summed E-state index contributed by atoms with van der Waals surface area (Å²) in [6.45, 7) is 0. The van der Waals surface area contributed by atoms with Gasteiger partial charge in [0.25, 0.3) is 0 Å². The fourth-order valence-corrected chi connectivity index (χ4v) is 1.63. The van der Waals surface area contributed by atoms with Crippen LogP contribution in [-0.2, 0) is 9.57 Å². The molecule has 0 amide bonds. The predicted molar refractivity (Wildman–Crippen MR) is 56.1 cm³/mol. The van der Waals surface area contributed by atoms with Gasteiger partial charge in [0.05, 0.1) is 10.9 Å². The first kappa shape index (κ1) is 10.4. The van der Waals surface area contributed by atoms with E-state index in [0.29, 0.717) is 17.8 Å². The number of ether oxygens (including phenoxy) is 1. The van der Waals surface area contributed by atoms with E-state index in [1.807, 2.05) is 0 Å². The molecule has 0 radical (unpaired) electrons. The molecule has 2 rings (SSSR count). The molecule has 0 fully saturated rings. The lowest BCUT2D eigenvalue weighted by atomic mass is 10.2. The minimum Gasteiger partial charge on any atom is -0.618 e. The third-order valence-electron chi connectivity index (χ3n) is 2.08. The zero-order valence-corrected chi connectivity index (χ0v) is 9.60. The Morgan fingerprint density at radius 2 is 2.47 bits per heavy atom. The van der Waals surface area contributed by atoms with Crippen LogP contribution in [0.3, 0.4) is 0 Å². The van der Waals surface area contributed by atoms with Crippen LogP contribution in [0, 0.1) is 5.21 Å². The molecule has 1 aliphatic heterocycles. The average Bonchev–Trinajstić information content (AvgIpc) is 2.66. The standard InChI is InChI=1S/C9H9BrN2O3/c1-14-9-4-7(11-15-9)8-3-2-6(10)5-12(8)13/h2-3,5,9H,4H2,1H3. The van der Waals surface area contributed by atoms with Crippen molar-refractivity contribution >= 4 is 21.6 Å². The molecule has 0 bridgehead atoms. The maximum Gasteiger partial charge on any atom is 0.241 e. The van der Waals surface area contributed by atoms with Gasteiger partial charge in [0.15, 0.2) is 11.9 Å². The van der Waals surface area contributed by atoms with Crippen LogP contribution in [0.2, 0.25) is 0 Å². The molecule has 6 heteroatoms. The SMILES string of the molecule is COC1CC(c2ccc(Br)c[n+]2[O-])=NO1. The van der Waals surface area contributed by atoms with Crippen LogP contribution in [0.5, 0.6) is 0 Å². The number of pyridine rings is 1. The van der Waals surface area contributed by atoms with Crippen LogP contribution in [0.25, 0.3) is 0 Å². The highest BCUT2D eigenvalue weighted by Crippen LogP contribution is 2.16. The van der Waals surface area contributed by atoms with E-state index in [1.165, 1.54) is 13.3 Å². The number of rotatable bonds is 2. The summed E-state index contributed by atoms with van der Waals surface area (Å²) in [4.78, 5) is 4.96. The van der Waals surface area contributed by atoms with Crippen molar-refractivity contribution < 1.29 is 14.3 Å². The molecule has 1 aliphatic rings. The maximum absolute atomic E-state index is 11.5. The summed E-state index contributed by atoms with van der Waals surface area (Å²) < 4.78 is 6.45. The van der Waals surface area contributed by atoms with Crippen molar-refractivity contribution in [3.05, 3.63) is 33.7 Å². The van der Waals surface area contributed by atoms with E-state index in [0.717, 1.165) is 9.20 Å². The van der Waals surface area contributed by atoms with Crippen LogP contribution in [0.1, 0.15) is 12.1 Å². The highest BCUT2D eigenvalue weighted by molar-refractivity contribution is 9.10. The lowest BCUT2D eigenvalue weighted by Gasteiger charge is -2.04. The topological polar surface area (TPSA) is 57.8 Å². The third-order valence-corrected chi connectivity index (χ3v) is 2.55. The predicted octanol–water partition coefficient (Wildman–Crippen LogP) is 1.18. The molecule has 0 aromatic carbocycles. The van der Waals surface area contributed by atoms with Crippen molar-refractivity contribution in [3.63, 3.8) is 0 Å². The first-order chi connectivity index (χ1) is 7.20. The summed E-state index contributed by atoms with van der Waals surface area (Å²) in [5, 5.41) is 15.3. The molecule has 0 N–H and O–H groups in total. The number of halogens is 1. The van der Waals surface area contributed by atoms with Crippen LogP contribution >= 0.6 is 15.9 Å². The van der Waals surface area contributed by atoms with Gasteiger partial charge in [-0.1, -0.05) is 5.16 Å². The molecule has 1 atom stereocenters. The van der Waals surface area contributed by atoms with E-state index < -0.39 is 0 Å². The van der Waals surface area contributed by atoms with Crippen molar-refractivity contribution in [3.8, 4) is 0 Å². The number of hydrogen-bond acceptors (Lipinski definition) is 4. The molecule has 0 aliphatic carbocycles. The Bertz CT molecular complexity index is 408. The smallest absolute Gasteiger partial charge is 0.241 e. The largest absolute Gasteiger partial charge is 0.618 e. The normalized spacial score (nSPS) is 19.9. The fourth-order valence-electron chi connectivity index (χ4n) is 1.31. The molecule has 5 nitrogen and oxygen atoms in total. The van der Waals surface area contributed by atoms with Gasteiger partial charge < -0.3 is 14.8 Å². The number of hydrogen-bond donors (Lipinski definition) is 0. The zero-order valence-electron chi connectivity index (χ0n) is 8.01. The summed E-state index contributed by atoms with van der Waals surface area (Å²) in [6.07, 6.45) is 1.53. The van der Waals surface area contributed by atoms with Gasteiger partial charge >= 0.3 is 0 Å². The zero-order chi connectivity index (χ0) is 10.8. The highest BCUT2D eigenvalue weighted by atomic mass is 79.9. The van der Waals surface area contributed by atoms with E-state index in [1.54, 1.807) is 12.1 Å². The average molecular weight is 273 g/mol. The number of aromatic nitrogens is 1. The molecule has 0 saturated heterocycles. The second-order valence-corrected chi connectivity index (χ2v) is 3.99. The monoisotopic (exact) mass is 272 g/mol. The Hall–Kier alpha value is -1.14. The van der Waals surface area contributed by atoms with E-state index >= 15 is 0 Å². The number of oxime groups is 1. The summed E-state index contributed by atoms with van der Waals surface area (Å²) in [5.41, 5.74) is 1.09. The van der Waals surface area contributed by atoms with Crippen molar-refractivity contribution in [1.82, 2.24) is 0 Å². The molecular formula is C9H9BrN2O3. The van der Waals surface area contributed by atoms with Crippen molar-refractivity contribution in [1.29, 1.82) is 0 Å². The van der Waals surface area contributed by atoms with Crippen molar-refractivity contribution in [2.24, 2.45) is 5.16 Å². The van der Waals surface area contributed by atoms with Gasteiger partial charge in [-0.15, -0.1) is 0 Å². The van der Waals surface area contributed by atoms with Gasteiger partial charge in [-0.25, -0.2) is 0 Å². The van der Waals surface area contributed by atoms with Crippen molar-refractivity contribution in [2.75, 3.05) is 7.11 Å². The quantitative estimate of drug-likeness (QED) is 0.600. The van der Waals surface area contributed by atoms with Crippen LogP contribution in [0.15, 0.2) is 28.0 Å². The maximum atomic E-state index is 11.5. The lowest BCUT2D eigenvalue weighted by molar-refractivity contribution is -0.607. The van der Waals surface area contributed by atoms with Gasteiger partial charge in [-0.3, -0.25) is 0 Å². The second kappa shape index (κ2) is 4.16. The van der Waals surface area contributed by atoms with Gasteiger partial charge in [-0.05, 0) is 22.0 Å². The van der Waals surface area contributed by atoms with E-state index in [-0.39, 0.29) is 6.29 Å². The Kier molecular flexibility index (Phi) is 2.88. The molecule has 1 unspecified atom stereocenters. The molecule has 1 aromatic rings. The van der Waals surface area contributed by atoms with E-state index in [4.69, 9.17) is 9.57 Å². The van der Waals surface area contributed by atoms with Crippen LogP contribution in [0.4, 0.5) is 0 Å². The summed E-state index contributed by atoms with van der Waals surface area (Å²) in [6, 6.07) is 3.48. The summed E-state index contributed by atoms with van der Waals surface area (Å²) in [5.74, 6) is 0. The second-order valence-electron chi connectivity index (χ2n) is 3.07. The third kappa shape index (κ3) is 2.10. The minimum atomic E-state index is -0.386. The van der Waals surface area contributed by atoms with Crippen LogP contribution in [-0.4, -0.2) is 19.1 Å². The molecule has 80 valence electrons. The van der Waals surface area contributed by atoms with Gasteiger partial charge in [-0.2, -0.15) is 4.73 Å². The fraction of sp³-hybridized carbons (Fsp3) is 0.333. The lowest BCUT2D eigenvalue weighted by Crippen LogP contribution is -2.34. The molecule has 1 aromatic heterocycles. The summed E-state index contributed by atoms with van der Waals surface area (Å²) >= 11 is 3.21. The minimum absolute atomic E-state index is 0.386. The van der Waals surface area contributed by atoms with Crippen molar-refractivity contribution in [2.45, 2.75) is 12.7 Å². The first-order valence-corrected chi connectivity index (χ1v) is 5.14. The van der Waals surface area contributed by atoms with Crippen LogP contribution < -0.4 is 4.73 Å². The first-order valence-electron chi connectivity index (χ1n) is 4.35. The van der Waals surface area contributed by atoms with E-state index in [9.17, 15) is 5.21 Å². The molecular weight excluding hydrogens is 264 g/mol. The molecule has 0 saturated carbocycles. The molecule has 15 heavy (non-hydrogen) atoms. The number of nitrogens with zero attached hydrogens (tertiary/aromatic N) is 2. The highest BCUT2D eigenvalue weighted by Gasteiger charge is 2.26.